The first-order valence-electron chi connectivity index (χ1n) is 5.59. The van der Waals surface area contributed by atoms with E-state index in [0.29, 0.717) is 23.3 Å². The first-order chi connectivity index (χ1) is 8.88. The molecule has 0 aliphatic rings. The van der Waals surface area contributed by atoms with Crippen LogP contribution in [0.5, 0.6) is 0 Å². The zero-order valence-electron chi connectivity index (χ0n) is 10.5. The van der Waals surface area contributed by atoms with Crippen molar-refractivity contribution in [2.24, 2.45) is 0 Å². The number of nitrogens with one attached hydrogen (secondary N) is 1. The Morgan fingerprint density at radius 2 is 2.05 bits per heavy atom. The Bertz CT molecular complexity index is 565. The average Bonchev–Trinajstić information content (AvgIpc) is 2.75. The molecule has 0 atom stereocenters. The van der Waals surface area contributed by atoms with Crippen LogP contribution in [0.25, 0.3) is 10.2 Å². The highest BCUT2D eigenvalue weighted by atomic mass is 32.1. The molecule has 2 rings (SSSR count). The molecule has 0 aliphatic heterocycles. The van der Waals surface area contributed by atoms with E-state index in [4.69, 9.17) is 0 Å². The number of thiophene rings is 1. The maximum Gasteiger partial charge on any atom is 0.451 e. The second-order valence-electron chi connectivity index (χ2n) is 4.26. The fourth-order valence-electron chi connectivity index (χ4n) is 1.51. The van der Waals surface area contributed by atoms with E-state index >= 15 is 0 Å². The summed E-state index contributed by atoms with van der Waals surface area (Å²) in [7, 11) is 3.78. The van der Waals surface area contributed by atoms with Gasteiger partial charge in [0, 0.05) is 13.1 Å². The maximum absolute atomic E-state index is 12.7. The fourth-order valence-corrected chi connectivity index (χ4v) is 2.30. The lowest BCUT2D eigenvalue weighted by Crippen LogP contribution is -2.22. The van der Waals surface area contributed by atoms with E-state index in [0.717, 1.165) is 0 Å². The van der Waals surface area contributed by atoms with Gasteiger partial charge in [-0.3, -0.25) is 0 Å². The van der Waals surface area contributed by atoms with Crippen LogP contribution in [0, 0.1) is 0 Å². The summed E-state index contributed by atoms with van der Waals surface area (Å²) in [6.45, 7) is 1.23. The van der Waals surface area contributed by atoms with Gasteiger partial charge in [0.15, 0.2) is 0 Å². The van der Waals surface area contributed by atoms with Crippen molar-refractivity contribution in [1.82, 2.24) is 14.9 Å². The molecule has 0 radical (unpaired) electrons. The van der Waals surface area contributed by atoms with Crippen LogP contribution in [0.2, 0.25) is 0 Å². The van der Waals surface area contributed by atoms with Gasteiger partial charge in [0.05, 0.1) is 10.2 Å². The van der Waals surface area contributed by atoms with E-state index in [2.05, 4.69) is 15.3 Å². The number of hydrogen-bond acceptors (Lipinski definition) is 5. The van der Waals surface area contributed by atoms with Crippen molar-refractivity contribution in [2.45, 2.75) is 6.18 Å². The number of fused-ring (bicyclic) bond motifs is 1. The van der Waals surface area contributed by atoms with Crippen LogP contribution in [0.15, 0.2) is 11.4 Å². The Labute approximate surface area is 112 Å². The van der Waals surface area contributed by atoms with Gasteiger partial charge >= 0.3 is 6.18 Å². The number of anilines is 1. The molecule has 0 aromatic carbocycles. The van der Waals surface area contributed by atoms with Crippen LogP contribution in [0.4, 0.5) is 19.0 Å². The number of likely N-dealkylation sites (N-methyl/N-ethyl adjacent to an activating group) is 1. The van der Waals surface area contributed by atoms with Crippen molar-refractivity contribution in [3.63, 3.8) is 0 Å². The van der Waals surface area contributed by atoms with Crippen LogP contribution >= 0.6 is 11.3 Å². The summed E-state index contributed by atoms with van der Waals surface area (Å²) in [4.78, 5) is 9.06. The maximum atomic E-state index is 12.7. The van der Waals surface area contributed by atoms with E-state index in [1.54, 1.807) is 11.4 Å². The standard InChI is InChI=1S/C11H13F3N4S/c1-18(2)5-4-15-9-8-7(3-6-19-8)16-10(17-9)11(12,13)14/h3,6H,4-5H2,1-2H3,(H,15,16,17). The van der Waals surface area contributed by atoms with Crippen LogP contribution in [0.1, 0.15) is 5.82 Å². The number of halogens is 3. The average molecular weight is 290 g/mol. The predicted molar refractivity (Wildman–Crippen MR) is 69.5 cm³/mol. The Kier molecular flexibility index (Phi) is 3.91. The van der Waals surface area contributed by atoms with Gasteiger partial charge in [-0.25, -0.2) is 9.97 Å². The third kappa shape index (κ3) is 3.32. The lowest BCUT2D eigenvalue weighted by Gasteiger charge is -2.12. The molecule has 0 fully saturated rings. The number of aromatic nitrogens is 2. The largest absolute Gasteiger partial charge is 0.451 e. The molecule has 2 aromatic rings. The summed E-state index contributed by atoms with van der Waals surface area (Å²) in [6.07, 6.45) is -4.53. The molecule has 104 valence electrons. The molecule has 0 spiro atoms. The fraction of sp³-hybridized carbons (Fsp3) is 0.455. The Morgan fingerprint density at radius 3 is 2.68 bits per heavy atom. The molecule has 0 saturated heterocycles. The Morgan fingerprint density at radius 1 is 1.32 bits per heavy atom. The van der Waals surface area contributed by atoms with Gasteiger partial charge < -0.3 is 10.2 Å². The van der Waals surface area contributed by atoms with Crippen molar-refractivity contribution in [1.29, 1.82) is 0 Å². The SMILES string of the molecule is CN(C)CCNc1nc(C(F)(F)F)nc2ccsc12. The smallest absolute Gasteiger partial charge is 0.367 e. The van der Waals surface area contributed by atoms with Crippen molar-refractivity contribution < 1.29 is 13.2 Å². The second kappa shape index (κ2) is 5.30. The summed E-state index contributed by atoms with van der Waals surface area (Å²) in [6, 6.07) is 1.56. The molecule has 0 amide bonds. The highest BCUT2D eigenvalue weighted by molar-refractivity contribution is 7.17. The molecule has 8 heteroatoms. The van der Waals surface area contributed by atoms with Crippen molar-refractivity contribution >= 4 is 27.4 Å². The van der Waals surface area contributed by atoms with E-state index in [-0.39, 0.29) is 5.82 Å². The second-order valence-corrected chi connectivity index (χ2v) is 5.17. The number of nitrogens with zero attached hydrogens (tertiary/aromatic N) is 3. The van der Waals surface area contributed by atoms with Gasteiger partial charge in [-0.15, -0.1) is 11.3 Å². The van der Waals surface area contributed by atoms with Crippen LogP contribution in [0.3, 0.4) is 0 Å². The molecule has 1 N–H and O–H groups in total. The molecular formula is C11H13F3N4S. The van der Waals surface area contributed by atoms with Gasteiger partial charge in [0.2, 0.25) is 5.82 Å². The highest BCUT2D eigenvalue weighted by Crippen LogP contribution is 2.32. The summed E-state index contributed by atoms with van der Waals surface area (Å²) < 4.78 is 38.7. The van der Waals surface area contributed by atoms with Crippen molar-refractivity contribution in [2.75, 3.05) is 32.5 Å². The molecule has 19 heavy (non-hydrogen) atoms. The third-order valence-corrected chi connectivity index (χ3v) is 3.32. The molecule has 0 saturated carbocycles. The quantitative estimate of drug-likeness (QED) is 0.940. The molecular weight excluding hydrogens is 277 g/mol. The lowest BCUT2D eigenvalue weighted by atomic mass is 10.4. The first-order valence-corrected chi connectivity index (χ1v) is 6.47. The van der Waals surface area contributed by atoms with E-state index in [1.807, 2.05) is 19.0 Å². The molecule has 0 aliphatic carbocycles. The van der Waals surface area contributed by atoms with Crippen LogP contribution in [-0.4, -0.2) is 42.1 Å². The molecule has 0 unspecified atom stereocenters. The zero-order valence-corrected chi connectivity index (χ0v) is 11.3. The minimum atomic E-state index is -4.53. The van der Waals surface area contributed by atoms with Gasteiger partial charge in [-0.2, -0.15) is 13.2 Å². The molecule has 2 heterocycles. The normalized spacial score (nSPS) is 12.3. The lowest BCUT2D eigenvalue weighted by molar-refractivity contribution is -0.144. The van der Waals surface area contributed by atoms with E-state index in [1.165, 1.54) is 11.3 Å². The Hall–Kier alpha value is -1.41. The molecule has 2 aromatic heterocycles. The van der Waals surface area contributed by atoms with E-state index in [9.17, 15) is 13.2 Å². The minimum Gasteiger partial charge on any atom is -0.367 e. The van der Waals surface area contributed by atoms with Crippen LogP contribution in [-0.2, 0) is 6.18 Å². The minimum absolute atomic E-state index is 0.245. The van der Waals surface area contributed by atoms with Gasteiger partial charge in [0.25, 0.3) is 0 Å². The predicted octanol–water partition coefficient (Wildman–Crippen LogP) is 2.68. The number of alkyl halides is 3. The monoisotopic (exact) mass is 290 g/mol. The topological polar surface area (TPSA) is 41.0 Å². The number of hydrogen-bond donors (Lipinski definition) is 1. The van der Waals surface area contributed by atoms with Crippen molar-refractivity contribution in [3.05, 3.63) is 17.3 Å². The third-order valence-electron chi connectivity index (χ3n) is 2.41. The highest BCUT2D eigenvalue weighted by Gasteiger charge is 2.35. The van der Waals surface area contributed by atoms with Gasteiger partial charge in [-0.05, 0) is 25.5 Å². The Balaban J connectivity index is 2.32. The summed E-state index contributed by atoms with van der Waals surface area (Å²) >= 11 is 1.32. The molecule has 0 bridgehead atoms. The van der Waals surface area contributed by atoms with E-state index < -0.39 is 12.0 Å². The van der Waals surface area contributed by atoms with Crippen molar-refractivity contribution in [3.8, 4) is 0 Å². The van der Waals surface area contributed by atoms with Gasteiger partial charge in [0.1, 0.15) is 5.82 Å². The summed E-state index contributed by atoms with van der Waals surface area (Å²) in [5.41, 5.74) is 0.319. The zero-order chi connectivity index (χ0) is 14.0. The summed E-state index contributed by atoms with van der Waals surface area (Å²) in [5, 5.41) is 4.64. The molecule has 4 nitrogen and oxygen atoms in total. The first kappa shape index (κ1) is 14.0. The summed E-state index contributed by atoms with van der Waals surface area (Å²) in [5.74, 6) is -0.861. The van der Waals surface area contributed by atoms with Crippen LogP contribution < -0.4 is 5.32 Å². The number of rotatable bonds is 4. The van der Waals surface area contributed by atoms with Gasteiger partial charge in [-0.1, -0.05) is 0 Å².